The predicted octanol–water partition coefficient (Wildman–Crippen LogP) is 3.77. The van der Waals surface area contributed by atoms with E-state index in [1.54, 1.807) is 30.3 Å². The number of rotatable bonds is 3. The molecule has 1 N–H and O–H groups in total. The van der Waals surface area contributed by atoms with Gasteiger partial charge in [0.05, 0.1) is 5.69 Å². The zero-order valence-electron chi connectivity index (χ0n) is 16.9. The van der Waals surface area contributed by atoms with Crippen molar-refractivity contribution in [2.75, 3.05) is 7.05 Å². The van der Waals surface area contributed by atoms with Gasteiger partial charge in [0.1, 0.15) is 0 Å². The lowest BCUT2D eigenvalue weighted by Crippen LogP contribution is -2.48. The topological polar surface area (TPSA) is 62.5 Å². The number of hydrogen-bond donors (Lipinski definition) is 1. The Kier molecular flexibility index (Phi) is 4.73. The van der Waals surface area contributed by atoms with Gasteiger partial charge in [-0.2, -0.15) is 18.3 Å². The molecule has 2 aliphatic heterocycles. The largest absolute Gasteiger partial charge is 0.433 e. The first-order chi connectivity index (χ1) is 14.8. The van der Waals surface area contributed by atoms with Crippen LogP contribution in [0.2, 0.25) is 0 Å². The number of hydrogen-bond acceptors (Lipinski definition) is 4. The number of carbonyl (C=O) groups is 1. The third kappa shape index (κ3) is 3.67. The van der Waals surface area contributed by atoms with Gasteiger partial charge in [-0.1, -0.05) is 30.3 Å². The van der Waals surface area contributed by atoms with Crippen molar-refractivity contribution in [2.45, 2.75) is 50.0 Å². The molecule has 1 amide bonds. The second kappa shape index (κ2) is 7.33. The molecule has 0 spiro atoms. The van der Waals surface area contributed by atoms with Crippen molar-refractivity contribution in [3.63, 3.8) is 0 Å². The summed E-state index contributed by atoms with van der Waals surface area (Å²) < 4.78 is 41.9. The summed E-state index contributed by atoms with van der Waals surface area (Å²) in [5.41, 5.74) is -0.298. The lowest BCUT2D eigenvalue weighted by molar-refractivity contribution is -0.142. The number of carbonyl (C=O) groups excluding carboxylic acids is 1. The van der Waals surface area contributed by atoms with Crippen LogP contribution in [0, 0.1) is 0 Å². The van der Waals surface area contributed by atoms with E-state index in [-0.39, 0.29) is 23.1 Å². The number of piperidine rings is 1. The summed E-state index contributed by atoms with van der Waals surface area (Å²) in [5.74, 6) is -0.464. The molecule has 0 radical (unpaired) electrons. The molecular weight excluding hydrogens is 407 g/mol. The van der Waals surface area contributed by atoms with Crippen LogP contribution in [0.5, 0.6) is 0 Å². The smallest absolute Gasteiger partial charge is 0.348 e. The predicted molar refractivity (Wildman–Crippen MR) is 108 cm³/mol. The Hall–Kier alpha value is -2.94. The molecule has 0 saturated carbocycles. The molecule has 3 aromatic rings. The second-order valence-electron chi connectivity index (χ2n) is 8.38. The number of benzene rings is 1. The Morgan fingerprint density at radius 1 is 1.10 bits per heavy atom. The lowest BCUT2D eigenvalue weighted by Gasteiger charge is -2.36. The highest BCUT2D eigenvalue weighted by molar-refractivity contribution is 5.93. The van der Waals surface area contributed by atoms with Crippen LogP contribution in [0.4, 0.5) is 13.2 Å². The van der Waals surface area contributed by atoms with E-state index in [0.29, 0.717) is 22.2 Å². The van der Waals surface area contributed by atoms with Gasteiger partial charge in [0.2, 0.25) is 0 Å². The van der Waals surface area contributed by atoms with E-state index in [0.717, 1.165) is 31.7 Å². The molecule has 9 heteroatoms. The first-order valence-electron chi connectivity index (χ1n) is 10.4. The quantitative estimate of drug-likeness (QED) is 0.689. The van der Waals surface area contributed by atoms with Crippen LogP contribution < -0.4 is 5.32 Å². The normalized spacial score (nSPS) is 23.9. The van der Waals surface area contributed by atoms with Gasteiger partial charge in [-0.15, -0.1) is 0 Å². The minimum absolute atomic E-state index is 0.000868. The number of fused-ring (bicyclic) bond motifs is 3. The monoisotopic (exact) mass is 429 g/mol. The molecule has 2 bridgehead atoms. The number of nitrogens with one attached hydrogen (secondary N) is 1. The molecule has 162 valence electrons. The van der Waals surface area contributed by atoms with Crippen molar-refractivity contribution in [3.8, 4) is 11.3 Å². The number of nitrogens with zero attached hydrogens (tertiary/aromatic N) is 4. The zero-order valence-corrected chi connectivity index (χ0v) is 16.9. The summed E-state index contributed by atoms with van der Waals surface area (Å²) in [7, 11) is 2.11. The van der Waals surface area contributed by atoms with Crippen molar-refractivity contribution >= 4 is 11.6 Å². The fraction of sp³-hybridized carbons (Fsp3) is 0.409. The molecule has 2 aliphatic rings. The van der Waals surface area contributed by atoms with Gasteiger partial charge in [-0.05, 0) is 38.8 Å². The molecule has 2 fully saturated rings. The maximum Gasteiger partial charge on any atom is 0.433 e. The Morgan fingerprint density at radius 3 is 2.42 bits per heavy atom. The third-order valence-electron chi connectivity index (χ3n) is 6.45. The minimum atomic E-state index is -4.64. The minimum Gasteiger partial charge on any atom is -0.348 e. The highest BCUT2D eigenvalue weighted by Gasteiger charge is 2.39. The van der Waals surface area contributed by atoms with Crippen LogP contribution in [0.25, 0.3) is 16.9 Å². The second-order valence-corrected chi connectivity index (χ2v) is 8.38. The van der Waals surface area contributed by atoms with Gasteiger partial charge in [-0.25, -0.2) is 9.50 Å². The SMILES string of the molecule is CN1[C@H]2CC[C@H]1CC(NC(=O)c1cc3nc(-c4ccccc4)cc(C(F)(F)F)n3n1)C2. The van der Waals surface area contributed by atoms with Gasteiger partial charge in [0.25, 0.3) is 5.91 Å². The summed E-state index contributed by atoms with van der Waals surface area (Å²) >= 11 is 0. The van der Waals surface area contributed by atoms with Gasteiger partial charge >= 0.3 is 6.18 Å². The fourth-order valence-electron chi connectivity index (χ4n) is 4.83. The van der Waals surface area contributed by atoms with Crippen molar-refractivity contribution in [2.24, 2.45) is 0 Å². The van der Waals surface area contributed by atoms with Crippen molar-refractivity contribution in [3.05, 3.63) is 53.9 Å². The van der Waals surface area contributed by atoms with E-state index in [2.05, 4.69) is 27.3 Å². The van der Waals surface area contributed by atoms with E-state index in [4.69, 9.17) is 0 Å². The van der Waals surface area contributed by atoms with Crippen LogP contribution in [-0.2, 0) is 6.18 Å². The van der Waals surface area contributed by atoms with Crippen LogP contribution in [0.15, 0.2) is 42.5 Å². The van der Waals surface area contributed by atoms with E-state index < -0.39 is 17.8 Å². The first kappa shape index (κ1) is 20.0. The maximum absolute atomic E-state index is 13.7. The van der Waals surface area contributed by atoms with Crippen LogP contribution in [0.3, 0.4) is 0 Å². The Labute approximate surface area is 177 Å². The molecule has 2 atom stereocenters. The Morgan fingerprint density at radius 2 is 1.77 bits per heavy atom. The van der Waals surface area contributed by atoms with Gasteiger partial charge in [0, 0.05) is 29.8 Å². The van der Waals surface area contributed by atoms with Crippen molar-refractivity contribution in [1.29, 1.82) is 0 Å². The molecule has 4 heterocycles. The molecule has 0 aliphatic carbocycles. The summed E-state index contributed by atoms with van der Waals surface area (Å²) in [5, 5.41) is 6.93. The summed E-state index contributed by atoms with van der Waals surface area (Å²) in [4.78, 5) is 19.5. The van der Waals surface area contributed by atoms with Gasteiger partial charge < -0.3 is 10.2 Å². The van der Waals surface area contributed by atoms with Crippen molar-refractivity contribution in [1.82, 2.24) is 24.8 Å². The molecule has 6 nitrogen and oxygen atoms in total. The number of aromatic nitrogens is 3. The lowest BCUT2D eigenvalue weighted by atomic mass is 9.98. The fourth-order valence-corrected chi connectivity index (χ4v) is 4.83. The zero-order chi connectivity index (χ0) is 21.8. The van der Waals surface area contributed by atoms with E-state index in [9.17, 15) is 18.0 Å². The van der Waals surface area contributed by atoms with Gasteiger partial charge in [0.15, 0.2) is 17.0 Å². The third-order valence-corrected chi connectivity index (χ3v) is 6.45. The number of amides is 1. The van der Waals surface area contributed by atoms with E-state index in [1.165, 1.54) is 6.07 Å². The molecular formula is C22H22F3N5O. The van der Waals surface area contributed by atoms with Gasteiger partial charge in [-0.3, -0.25) is 4.79 Å². The molecule has 2 aromatic heterocycles. The standard InChI is InChI=1S/C22H22F3N5O/c1-29-15-7-8-16(29)10-14(9-15)26-21(31)18-12-20-27-17(13-5-3-2-4-6-13)11-19(22(23,24)25)30(20)28-18/h2-6,11-12,14-16H,7-10H2,1H3,(H,26,31)/t15-,16-/m0/s1. The Balaban J connectivity index is 1.47. The first-order valence-corrected chi connectivity index (χ1v) is 10.4. The van der Waals surface area contributed by atoms with E-state index >= 15 is 0 Å². The van der Waals surface area contributed by atoms with Crippen molar-refractivity contribution < 1.29 is 18.0 Å². The molecule has 1 aromatic carbocycles. The average Bonchev–Trinajstić information content (AvgIpc) is 3.24. The summed E-state index contributed by atoms with van der Waals surface area (Å²) in [6.07, 6.45) is -0.726. The van der Waals surface area contributed by atoms with E-state index in [1.807, 2.05) is 0 Å². The maximum atomic E-state index is 13.7. The molecule has 5 rings (SSSR count). The summed E-state index contributed by atoms with van der Waals surface area (Å²) in [6.45, 7) is 0. The van der Waals surface area contributed by atoms with Crippen LogP contribution in [0.1, 0.15) is 41.9 Å². The molecule has 2 saturated heterocycles. The highest BCUT2D eigenvalue weighted by atomic mass is 19.4. The average molecular weight is 429 g/mol. The molecule has 0 unspecified atom stereocenters. The highest BCUT2D eigenvalue weighted by Crippen LogP contribution is 2.35. The van der Waals surface area contributed by atoms with Crippen LogP contribution >= 0.6 is 0 Å². The van der Waals surface area contributed by atoms with Crippen LogP contribution in [-0.4, -0.2) is 50.6 Å². The molecule has 31 heavy (non-hydrogen) atoms. The Bertz CT molecular complexity index is 1110. The number of halogens is 3. The summed E-state index contributed by atoms with van der Waals surface area (Å²) in [6, 6.07) is 11.8. The number of alkyl halides is 3.